The molecule has 0 radical (unpaired) electrons. The van der Waals surface area contributed by atoms with Crippen LogP contribution in [0.15, 0.2) is 71.4 Å². The van der Waals surface area contributed by atoms with E-state index in [4.69, 9.17) is 32.7 Å². The molecule has 3 aromatic rings. The van der Waals surface area contributed by atoms with Crippen LogP contribution in [0.25, 0.3) is 6.08 Å². The van der Waals surface area contributed by atoms with Crippen molar-refractivity contribution in [3.8, 4) is 11.5 Å². The minimum absolute atomic E-state index is 0.255. The number of hydrogen-bond donors (Lipinski definition) is 0. The molecular weight excluding hydrogens is 447 g/mol. The lowest BCUT2D eigenvalue weighted by Crippen LogP contribution is -2.33. The summed E-state index contributed by atoms with van der Waals surface area (Å²) in [6, 6.07) is 18.1. The minimum Gasteiger partial charge on any atom is -0.493 e. The summed E-state index contributed by atoms with van der Waals surface area (Å²) in [5.74, 6) is 1.42. The molecule has 0 fully saturated rings. The van der Waals surface area contributed by atoms with Crippen LogP contribution in [0.2, 0.25) is 10.0 Å². The van der Waals surface area contributed by atoms with Gasteiger partial charge in [0.2, 0.25) is 0 Å². The lowest BCUT2D eigenvalue weighted by molar-refractivity contribution is -0.113. The van der Waals surface area contributed by atoms with Crippen LogP contribution in [0.5, 0.6) is 11.5 Å². The summed E-state index contributed by atoms with van der Waals surface area (Å²) < 4.78 is 10.7. The topological polar surface area (TPSA) is 51.1 Å². The lowest BCUT2D eigenvalue weighted by Gasteiger charge is -2.21. The maximum absolute atomic E-state index is 13.5. The van der Waals surface area contributed by atoms with Crippen molar-refractivity contribution in [2.24, 2.45) is 4.99 Å². The molecule has 7 heteroatoms. The molecule has 0 N–H and O–H groups in total. The maximum Gasteiger partial charge on any atom is 0.282 e. The Morgan fingerprint density at radius 3 is 2.25 bits per heavy atom. The summed E-state index contributed by atoms with van der Waals surface area (Å²) in [6.07, 6.45) is 1.72. The molecule has 0 atom stereocenters. The number of aliphatic imine (C=N–C) groups is 1. The van der Waals surface area contributed by atoms with Gasteiger partial charge in [0.15, 0.2) is 11.5 Å². The Morgan fingerprint density at radius 1 is 0.875 bits per heavy atom. The van der Waals surface area contributed by atoms with Gasteiger partial charge in [0.1, 0.15) is 11.5 Å². The second kappa shape index (κ2) is 9.07. The van der Waals surface area contributed by atoms with Crippen LogP contribution < -0.4 is 14.4 Å². The Balaban J connectivity index is 1.84. The number of carbonyl (C=O) groups excluding carboxylic acids is 1. The van der Waals surface area contributed by atoms with Crippen molar-refractivity contribution in [2.75, 3.05) is 19.1 Å². The van der Waals surface area contributed by atoms with Crippen molar-refractivity contribution < 1.29 is 14.3 Å². The molecule has 1 aliphatic rings. The van der Waals surface area contributed by atoms with E-state index in [-0.39, 0.29) is 5.91 Å². The van der Waals surface area contributed by atoms with E-state index in [1.807, 2.05) is 31.2 Å². The van der Waals surface area contributed by atoms with Gasteiger partial charge < -0.3 is 9.47 Å². The summed E-state index contributed by atoms with van der Waals surface area (Å²) in [4.78, 5) is 19.8. The van der Waals surface area contributed by atoms with Crippen molar-refractivity contribution in [1.82, 2.24) is 0 Å². The second-order valence-electron chi connectivity index (χ2n) is 7.16. The third-order valence-electron chi connectivity index (χ3n) is 5.09. The van der Waals surface area contributed by atoms with E-state index >= 15 is 0 Å². The minimum atomic E-state index is -0.255. The summed E-state index contributed by atoms with van der Waals surface area (Å²) in [5.41, 5.74) is 3.39. The molecule has 0 unspecified atom stereocenters. The monoisotopic (exact) mass is 466 g/mol. The van der Waals surface area contributed by atoms with E-state index in [1.54, 1.807) is 61.6 Å². The molecule has 0 spiro atoms. The van der Waals surface area contributed by atoms with Gasteiger partial charge in [-0.15, -0.1) is 0 Å². The summed E-state index contributed by atoms with van der Waals surface area (Å²) in [6.45, 7) is 1.93. The van der Waals surface area contributed by atoms with E-state index in [0.29, 0.717) is 38.8 Å². The fourth-order valence-electron chi connectivity index (χ4n) is 3.46. The standard InChI is InChI=1S/C25H20Cl2N2O3/c1-15-4-8-19(27)14-21(15)29-24(17-6-9-18(26)10-7-17)28-20(25(29)30)12-16-5-11-22(31-2)23(13-16)32-3/h4-14H,1-3H3/b20-12-. The number of aryl methyl sites for hydroxylation is 1. The first kappa shape index (κ1) is 21.9. The van der Waals surface area contributed by atoms with E-state index in [0.717, 1.165) is 16.7 Å². The highest BCUT2D eigenvalue weighted by atomic mass is 35.5. The SMILES string of the molecule is COc1ccc(/C=C2\N=C(c3ccc(Cl)cc3)N(c3cc(Cl)ccc3C)C2=O)cc1OC. The van der Waals surface area contributed by atoms with Gasteiger partial charge in [0.25, 0.3) is 5.91 Å². The summed E-state index contributed by atoms with van der Waals surface area (Å²) >= 11 is 12.3. The van der Waals surface area contributed by atoms with Gasteiger partial charge in [-0.2, -0.15) is 0 Å². The first-order chi connectivity index (χ1) is 15.4. The van der Waals surface area contributed by atoms with Crippen molar-refractivity contribution in [3.63, 3.8) is 0 Å². The molecule has 4 rings (SSSR count). The number of anilines is 1. The second-order valence-corrected chi connectivity index (χ2v) is 8.03. The van der Waals surface area contributed by atoms with E-state index in [1.165, 1.54) is 0 Å². The smallest absolute Gasteiger partial charge is 0.282 e. The zero-order chi connectivity index (χ0) is 22.8. The number of amides is 1. The van der Waals surface area contributed by atoms with Gasteiger partial charge in [-0.05, 0) is 72.7 Å². The van der Waals surface area contributed by atoms with Gasteiger partial charge in [-0.25, -0.2) is 4.99 Å². The summed E-state index contributed by atoms with van der Waals surface area (Å²) in [5, 5.41) is 1.14. The van der Waals surface area contributed by atoms with Gasteiger partial charge >= 0.3 is 0 Å². The molecule has 0 aromatic heterocycles. The molecular formula is C25H20Cl2N2O3. The summed E-state index contributed by atoms with van der Waals surface area (Å²) in [7, 11) is 3.14. The van der Waals surface area contributed by atoms with Crippen LogP contribution in [-0.2, 0) is 4.79 Å². The van der Waals surface area contributed by atoms with Gasteiger partial charge in [-0.3, -0.25) is 9.69 Å². The van der Waals surface area contributed by atoms with E-state index in [2.05, 4.69) is 4.99 Å². The first-order valence-corrected chi connectivity index (χ1v) is 10.6. The molecule has 0 saturated heterocycles. The number of nitrogens with zero attached hydrogens (tertiary/aromatic N) is 2. The molecule has 1 heterocycles. The van der Waals surface area contributed by atoms with Crippen LogP contribution in [0, 0.1) is 6.92 Å². The zero-order valence-corrected chi connectivity index (χ0v) is 19.2. The van der Waals surface area contributed by atoms with Gasteiger partial charge in [0.05, 0.1) is 19.9 Å². The number of amidine groups is 1. The van der Waals surface area contributed by atoms with Gasteiger partial charge in [0, 0.05) is 15.6 Å². The van der Waals surface area contributed by atoms with Gasteiger partial charge in [-0.1, -0.05) is 35.3 Å². The molecule has 0 saturated carbocycles. The molecule has 3 aromatic carbocycles. The number of ether oxygens (including phenoxy) is 2. The van der Waals surface area contributed by atoms with Crippen molar-refractivity contribution >= 4 is 46.7 Å². The molecule has 1 amide bonds. The number of halogens is 2. The van der Waals surface area contributed by atoms with Crippen LogP contribution in [0.3, 0.4) is 0 Å². The number of hydrogen-bond acceptors (Lipinski definition) is 4. The number of carbonyl (C=O) groups is 1. The lowest BCUT2D eigenvalue weighted by atomic mass is 10.1. The molecule has 32 heavy (non-hydrogen) atoms. The average Bonchev–Trinajstić information content (AvgIpc) is 3.11. The molecule has 0 aliphatic carbocycles. The van der Waals surface area contributed by atoms with E-state index in [9.17, 15) is 4.79 Å². The van der Waals surface area contributed by atoms with Crippen molar-refractivity contribution in [1.29, 1.82) is 0 Å². The number of methoxy groups -OCH3 is 2. The van der Waals surface area contributed by atoms with Crippen LogP contribution >= 0.6 is 23.2 Å². The van der Waals surface area contributed by atoms with Crippen LogP contribution in [0.1, 0.15) is 16.7 Å². The van der Waals surface area contributed by atoms with Crippen LogP contribution in [-0.4, -0.2) is 26.0 Å². The zero-order valence-electron chi connectivity index (χ0n) is 17.7. The third-order valence-corrected chi connectivity index (χ3v) is 5.57. The van der Waals surface area contributed by atoms with Crippen molar-refractivity contribution in [2.45, 2.75) is 6.92 Å². The molecule has 1 aliphatic heterocycles. The Labute approximate surface area is 196 Å². The number of benzene rings is 3. The highest BCUT2D eigenvalue weighted by molar-refractivity contribution is 6.35. The Bertz CT molecular complexity index is 1250. The Morgan fingerprint density at radius 2 is 1.56 bits per heavy atom. The molecule has 0 bridgehead atoms. The fraction of sp³-hybridized carbons (Fsp3) is 0.120. The maximum atomic E-state index is 13.5. The molecule has 5 nitrogen and oxygen atoms in total. The quantitative estimate of drug-likeness (QED) is 0.423. The van der Waals surface area contributed by atoms with Crippen LogP contribution in [0.4, 0.5) is 5.69 Å². The Kier molecular flexibility index (Phi) is 6.21. The number of rotatable bonds is 5. The van der Waals surface area contributed by atoms with E-state index < -0.39 is 0 Å². The normalized spacial score (nSPS) is 14.7. The predicted molar refractivity (Wildman–Crippen MR) is 129 cm³/mol. The molecule has 162 valence electrons. The average molecular weight is 467 g/mol. The predicted octanol–water partition coefficient (Wildman–Crippen LogP) is 6.15. The van der Waals surface area contributed by atoms with Crippen molar-refractivity contribution in [3.05, 3.63) is 93.1 Å². The fourth-order valence-corrected chi connectivity index (χ4v) is 3.75. The highest BCUT2D eigenvalue weighted by Crippen LogP contribution is 2.33. The highest BCUT2D eigenvalue weighted by Gasteiger charge is 2.33. The Hall–Kier alpha value is -3.28. The third kappa shape index (κ3) is 4.22. The first-order valence-electron chi connectivity index (χ1n) is 9.80. The largest absolute Gasteiger partial charge is 0.493 e.